The van der Waals surface area contributed by atoms with Crippen molar-refractivity contribution in [3.05, 3.63) is 113 Å². The molecule has 7 rings (SSSR count). The highest BCUT2D eigenvalue weighted by molar-refractivity contribution is 6.06. The summed E-state index contributed by atoms with van der Waals surface area (Å²) >= 11 is 0. The maximum atomic E-state index is 14.4. The lowest BCUT2D eigenvalue weighted by Crippen LogP contribution is -2.53. The molecule has 3 aliphatic heterocycles. The molecule has 24 heteroatoms. The van der Waals surface area contributed by atoms with Crippen molar-refractivity contribution in [2.45, 2.75) is 156 Å². The van der Waals surface area contributed by atoms with Crippen LogP contribution in [0.5, 0.6) is 23.0 Å². The Morgan fingerprint density at radius 3 is 1.93 bits per heavy atom. The number of aliphatic imine (C=N–C) groups is 1. The van der Waals surface area contributed by atoms with Crippen LogP contribution in [0.15, 0.2) is 101 Å². The van der Waals surface area contributed by atoms with E-state index in [0.717, 1.165) is 36.0 Å². The summed E-state index contributed by atoms with van der Waals surface area (Å²) in [6.07, 6.45) is 25.3. The van der Waals surface area contributed by atoms with E-state index in [0.29, 0.717) is 112 Å². The number of hydrogen-bond acceptors (Lipinski definition) is 17. The van der Waals surface area contributed by atoms with Crippen molar-refractivity contribution in [1.82, 2.24) is 25.8 Å². The first kappa shape index (κ1) is 76.8. The summed E-state index contributed by atoms with van der Waals surface area (Å²) in [6.45, 7) is 14.4. The van der Waals surface area contributed by atoms with Crippen molar-refractivity contribution in [1.29, 1.82) is 0 Å². The Balaban J connectivity index is 0.819. The maximum Gasteiger partial charge on any atom is 0.414 e. The minimum Gasteiger partial charge on any atom is -0.493 e. The average molecular weight is 1360 g/mol. The van der Waals surface area contributed by atoms with Gasteiger partial charge in [-0.15, -0.1) is 0 Å². The Morgan fingerprint density at radius 2 is 1.30 bits per heavy atom. The second-order valence-electron chi connectivity index (χ2n) is 25.1. The molecule has 4 atom stereocenters. The Hall–Kier alpha value is -8.58. The third-order valence-corrected chi connectivity index (χ3v) is 17.2. The van der Waals surface area contributed by atoms with Crippen LogP contribution < -0.4 is 45.1 Å². The number of carbonyl (C=O) groups excluding carboxylic acids is 7. The van der Waals surface area contributed by atoms with Gasteiger partial charge in [0.25, 0.3) is 5.91 Å². The van der Waals surface area contributed by atoms with Gasteiger partial charge in [0.15, 0.2) is 23.0 Å². The molecule has 0 saturated heterocycles. The van der Waals surface area contributed by atoms with Gasteiger partial charge in [-0.25, -0.2) is 4.79 Å². The molecule has 98 heavy (non-hydrogen) atoms. The van der Waals surface area contributed by atoms with Gasteiger partial charge in [-0.2, -0.15) is 0 Å². The van der Waals surface area contributed by atoms with Crippen LogP contribution in [0, 0.1) is 18.8 Å². The summed E-state index contributed by atoms with van der Waals surface area (Å²) in [5, 5.41) is 11.3. The molecule has 0 aromatic heterocycles. The summed E-state index contributed by atoms with van der Waals surface area (Å²) < 4.78 is 52.2. The summed E-state index contributed by atoms with van der Waals surface area (Å²) in [5.41, 5.74) is 5.01. The molecule has 3 heterocycles. The van der Waals surface area contributed by atoms with Crippen LogP contribution in [0.3, 0.4) is 0 Å². The SMILES string of the molecule is C/C=C/C1=CN(C=O)C(/C=N\c2cc(OCCCOc3cc4c(cc3OC)C(=O)N3C=C(/C=C/C)CC3CN4C(=O)OCc3ccc(NC(=O)C(C)NC(=O)[C@@H](NC(=O)CCOCCOCCOCCOCCNC(=O)CC4CCCCCCCC4)C(C)C)cc3)c(OC)cc2C)C1. The zero-order chi connectivity index (χ0) is 70.2. The maximum absolute atomic E-state index is 14.4. The highest BCUT2D eigenvalue weighted by Gasteiger charge is 2.40. The van der Waals surface area contributed by atoms with Crippen LogP contribution in [-0.2, 0) is 54.3 Å². The average Bonchev–Trinajstić information content (AvgIpc) is 1.59. The zero-order valence-corrected chi connectivity index (χ0v) is 58.4. The third-order valence-electron chi connectivity index (χ3n) is 17.2. The molecule has 3 aromatic rings. The second-order valence-corrected chi connectivity index (χ2v) is 25.1. The fourth-order valence-electron chi connectivity index (χ4n) is 11.9. The van der Waals surface area contributed by atoms with Crippen LogP contribution in [0.2, 0.25) is 0 Å². The fourth-order valence-corrected chi connectivity index (χ4v) is 11.9. The zero-order valence-electron chi connectivity index (χ0n) is 58.4. The van der Waals surface area contributed by atoms with E-state index in [4.69, 9.17) is 47.6 Å². The van der Waals surface area contributed by atoms with Crippen molar-refractivity contribution in [2.75, 3.05) is 104 Å². The molecular formula is C74H102N8O16. The molecule has 4 N–H and O–H groups in total. The number of methoxy groups -OCH3 is 2. The largest absolute Gasteiger partial charge is 0.493 e. The van der Waals surface area contributed by atoms with Gasteiger partial charge in [0.05, 0.1) is 116 Å². The molecule has 1 saturated carbocycles. The fraction of sp³-hybridized carbons (Fsp3) is 0.541. The monoisotopic (exact) mass is 1360 g/mol. The van der Waals surface area contributed by atoms with Gasteiger partial charge < -0.3 is 73.7 Å². The molecule has 4 aliphatic rings. The Kier molecular flexibility index (Phi) is 32.1. The Labute approximate surface area is 577 Å². The summed E-state index contributed by atoms with van der Waals surface area (Å²) in [7, 11) is 3.04. The van der Waals surface area contributed by atoms with E-state index in [1.807, 2.05) is 57.3 Å². The van der Waals surface area contributed by atoms with E-state index in [1.54, 1.807) is 92.6 Å². The smallest absolute Gasteiger partial charge is 0.414 e. The van der Waals surface area contributed by atoms with E-state index in [1.165, 1.54) is 50.5 Å². The van der Waals surface area contributed by atoms with E-state index in [2.05, 4.69) is 21.3 Å². The second kappa shape index (κ2) is 41.0. The number of rotatable bonds is 38. The quantitative estimate of drug-likeness (QED) is 0.0236. The normalized spacial score (nSPS) is 17.3. The van der Waals surface area contributed by atoms with Gasteiger partial charge in [0.2, 0.25) is 30.0 Å². The van der Waals surface area contributed by atoms with E-state index < -0.39 is 36.0 Å². The standard InChI is InChI=1S/C74H102N8O16/c1-9-18-56-39-59(80(46-56)50-83)45-76-62-43-66(64(90-7)38-52(62)5)96-28-17-29-97-67-44-63-61(42-65(67)91-8)73(88)81-47-57(19-10-2)40-60(81)48-82(63)74(89)98-49-55-22-24-58(25-23-55)78-71(86)53(6)77-72(87)70(51(3)4)79-68(84)26-30-92-32-34-94-36-37-95-35-33-93-31-27-75-69(85)41-54-20-15-13-11-12-14-16-21-54/h9-10,18-19,22-25,38,42-47,50-51,53-54,59-60,70H,11-17,20-21,26-37,39-41,48-49H2,1-8H3,(H,75,85)(H,77,87)(H,78,86)(H,79,84)/b18-9+,19-10+,76-45-/t53?,59?,60?,70-/m0/s1. The number of allylic oxidation sites excluding steroid dienone is 4. The first-order valence-electron chi connectivity index (χ1n) is 34.5. The third kappa shape index (κ3) is 24.2. The molecule has 24 nitrogen and oxygen atoms in total. The lowest BCUT2D eigenvalue weighted by molar-refractivity contribution is -0.132. The molecule has 1 aliphatic carbocycles. The first-order valence-corrected chi connectivity index (χ1v) is 34.5. The van der Waals surface area contributed by atoms with E-state index in [-0.39, 0.29) is 92.7 Å². The Morgan fingerprint density at radius 1 is 0.684 bits per heavy atom. The topological polar surface area (TPSA) is 273 Å². The van der Waals surface area contributed by atoms with E-state index in [9.17, 15) is 33.6 Å². The highest BCUT2D eigenvalue weighted by atomic mass is 16.6. The minimum absolute atomic E-state index is 0.0119. The van der Waals surface area contributed by atoms with Crippen molar-refractivity contribution in [3.8, 4) is 23.0 Å². The number of hydrogen-bond donors (Lipinski definition) is 4. The number of benzene rings is 3. The number of amides is 7. The molecule has 1 fully saturated rings. The van der Waals surface area contributed by atoms with Crippen molar-refractivity contribution in [2.24, 2.45) is 16.8 Å². The molecule has 3 aromatic carbocycles. The van der Waals surface area contributed by atoms with Crippen molar-refractivity contribution < 1.29 is 76.2 Å². The lowest BCUT2D eigenvalue weighted by Gasteiger charge is -2.26. The minimum atomic E-state index is -0.975. The molecule has 7 amide bonds. The first-order chi connectivity index (χ1) is 47.5. The summed E-state index contributed by atoms with van der Waals surface area (Å²) in [5.74, 6) is 0.160. The Bertz CT molecular complexity index is 3270. The highest BCUT2D eigenvalue weighted by Crippen LogP contribution is 2.41. The molecule has 0 radical (unpaired) electrons. The van der Waals surface area contributed by atoms with Gasteiger partial charge in [-0.3, -0.25) is 38.7 Å². The van der Waals surface area contributed by atoms with Crippen LogP contribution in [0.4, 0.5) is 21.9 Å². The number of fused-ring (bicyclic) bond motifs is 2. The van der Waals surface area contributed by atoms with Crippen LogP contribution in [0.1, 0.15) is 140 Å². The van der Waals surface area contributed by atoms with Crippen LogP contribution >= 0.6 is 0 Å². The molecule has 0 spiro atoms. The molecule has 0 bridgehead atoms. The lowest BCUT2D eigenvalue weighted by atomic mass is 9.93. The summed E-state index contributed by atoms with van der Waals surface area (Å²) in [4.78, 5) is 102. The van der Waals surface area contributed by atoms with Gasteiger partial charge in [-0.1, -0.05) is 88.8 Å². The molecule has 534 valence electrons. The number of carbonyl (C=O) groups is 7. The number of ether oxygens (including phenoxy) is 9. The van der Waals surface area contributed by atoms with Gasteiger partial charge in [0.1, 0.15) is 18.7 Å². The van der Waals surface area contributed by atoms with Gasteiger partial charge in [-0.05, 0) is 112 Å². The number of nitrogens with zero attached hydrogens (tertiary/aromatic N) is 4. The van der Waals surface area contributed by atoms with Crippen LogP contribution in [-0.4, -0.2) is 176 Å². The van der Waals surface area contributed by atoms with Gasteiger partial charge >= 0.3 is 6.09 Å². The number of aryl methyl sites for hydroxylation is 1. The molecule has 3 unspecified atom stereocenters. The molecular weight excluding hydrogens is 1260 g/mol. The van der Waals surface area contributed by atoms with Crippen LogP contribution in [0.25, 0.3) is 0 Å². The number of anilines is 2. The van der Waals surface area contributed by atoms with Crippen molar-refractivity contribution in [3.63, 3.8) is 0 Å². The van der Waals surface area contributed by atoms with Gasteiger partial charge in [0, 0.05) is 62.2 Å². The number of nitrogens with one attached hydrogen (secondary N) is 4. The summed E-state index contributed by atoms with van der Waals surface area (Å²) in [6, 6.07) is 11.0. The predicted octanol–water partition coefficient (Wildman–Crippen LogP) is 10.4. The van der Waals surface area contributed by atoms with E-state index >= 15 is 0 Å². The predicted molar refractivity (Wildman–Crippen MR) is 374 cm³/mol. The van der Waals surface area contributed by atoms with Crippen molar-refractivity contribution >= 4 is 65.3 Å².